The molecule has 3 rings (SSSR count). The van der Waals surface area contributed by atoms with Crippen LogP contribution in [0.4, 0.5) is 5.69 Å². The minimum absolute atomic E-state index is 0.162. The van der Waals surface area contributed by atoms with Crippen molar-refractivity contribution in [2.75, 3.05) is 31.9 Å². The van der Waals surface area contributed by atoms with Crippen LogP contribution in [0.2, 0.25) is 0 Å². The number of sulfonamides is 1. The van der Waals surface area contributed by atoms with Crippen molar-refractivity contribution in [2.45, 2.75) is 11.8 Å². The number of nitrogens with two attached hydrogens (primary N) is 1. The Morgan fingerprint density at radius 2 is 1.56 bits per heavy atom. The van der Waals surface area contributed by atoms with Gasteiger partial charge in [-0.25, -0.2) is 8.42 Å². The number of nitrogens with zero attached hydrogens (tertiary/aromatic N) is 2. The maximum absolute atomic E-state index is 12.7. The third-order valence-electron chi connectivity index (χ3n) is 4.38. The zero-order chi connectivity index (χ0) is 18.0. The van der Waals surface area contributed by atoms with Gasteiger partial charge in [0.2, 0.25) is 10.0 Å². The molecule has 132 valence electrons. The quantitative estimate of drug-likeness (QED) is 0.846. The molecule has 2 aromatic rings. The van der Waals surface area contributed by atoms with Gasteiger partial charge >= 0.3 is 0 Å². The maximum Gasteiger partial charge on any atom is 0.256 e. The van der Waals surface area contributed by atoms with E-state index in [2.05, 4.69) is 0 Å². The fourth-order valence-corrected chi connectivity index (χ4v) is 4.28. The summed E-state index contributed by atoms with van der Waals surface area (Å²) >= 11 is 0. The Hall–Kier alpha value is -2.38. The fourth-order valence-electron chi connectivity index (χ4n) is 2.85. The third kappa shape index (κ3) is 3.52. The predicted molar refractivity (Wildman–Crippen MR) is 96.7 cm³/mol. The van der Waals surface area contributed by atoms with Crippen LogP contribution in [0.3, 0.4) is 0 Å². The largest absolute Gasteiger partial charge is 0.398 e. The average molecular weight is 359 g/mol. The van der Waals surface area contributed by atoms with Gasteiger partial charge in [0.1, 0.15) is 0 Å². The van der Waals surface area contributed by atoms with Crippen LogP contribution in [-0.2, 0) is 10.0 Å². The molecule has 0 aliphatic carbocycles. The predicted octanol–water partition coefficient (Wildman–Crippen LogP) is 1.72. The monoisotopic (exact) mass is 359 g/mol. The summed E-state index contributed by atoms with van der Waals surface area (Å²) in [6.07, 6.45) is 0. The smallest absolute Gasteiger partial charge is 0.256 e. The molecule has 1 saturated heterocycles. The van der Waals surface area contributed by atoms with Crippen molar-refractivity contribution in [2.24, 2.45) is 0 Å². The molecule has 2 aromatic carbocycles. The summed E-state index contributed by atoms with van der Waals surface area (Å²) in [5, 5.41) is 0. The number of benzene rings is 2. The van der Waals surface area contributed by atoms with Crippen molar-refractivity contribution in [3.05, 3.63) is 59.7 Å². The Morgan fingerprint density at radius 1 is 0.960 bits per heavy atom. The first-order valence-corrected chi connectivity index (χ1v) is 9.54. The second-order valence-electron chi connectivity index (χ2n) is 6.10. The summed E-state index contributed by atoms with van der Waals surface area (Å²) in [6.45, 7) is 3.15. The molecular weight excluding hydrogens is 338 g/mol. The van der Waals surface area contributed by atoms with E-state index in [-0.39, 0.29) is 23.9 Å². The van der Waals surface area contributed by atoms with Gasteiger partial charge in [0, 0.05) is 31.9 Å². The summed E-state index contributed by atoms with van der Waals surface area (Å²) in [7, 11) is -3.53. The molecule has 0 spiro atoms. The van der Waals surface area contributed by atoms with Crippen LogP contribution in [-0.4, -0.2) is 49.7 Å². The van der Waals surface area contributed by atoms with Crippen LogP contribution in [0.25, 0.3) is 0 Å². The summed E-state index contributed by atoms with van der Waals surface area (Å²) in [6, 6.07) is 13.7. The SMILES string of the molecule is Cc1ccc(S(=O)(=O)N2CCN(C(=O)c3ccccc3N)CC2)cc1. The zero-order valence-corrected chi connectivity index (χ0v) is 14.9. The molecule has 0 radical (unpaired) electrons. The van der Waals surface area contributed by atoms with Crippen LogP contribution in [0.15, 0.2) is 53.4 Å². The highest BCUT2D eigenvalue weighted by Gasteiger charge is 2.30. The van der Waals surface area contributed by atoms with E-state index in [4.69, 9.17) is 5.73 Å². The molecular formula is C18H21N3O3S. The lowest BCUT2D eigenvalue weighted by Crippen LogP contribution is -2.50. The van der Waals surface area contributed by atoms with Gasteiger partial charge in [-0.15, -0.1) is 0 Å². The summed E-state index contributed by atoms with van der Waals surface area (Å²) in [5.74, 6) is -0.162. The number of piperazine rings is 1. The summed E-state index contributed by atoms with van der Waals surface area (Å²) in [5.41, 5.74) is 7.76. The molecule has 25 heavy (non-hydrogen) atoms. The lowest BCUT2D eigenvalue weighted by molar-refractivity contribution is 0.0699. The average Bonchev–Trinajstić information content (AvgIpc) is 2.62. The van der Waals surface area contributed by atoms with Crippen LogP contribution < -0.4 is 5.73 Å². The minimum Gasteiger partial charge on any atom is -0.398 e. The number of hydrogen-bond acceptors (Lipinski definition) is 4. The van der Waals surface area contributed by atoms with Gasteiger partial charge in [-0.05, 0) is 31.2 Å². The van der Waals surface area contributed by atoms with E-state index in [0.29, 0.717) is 24.3 Å². The van der Waals surface area contributed by atoms with E-state index in [1.807, 2.05) is 6.92 Å². The van der Waals surface area contributed by atoms with Gasteiger partial charge in [0.15, 0.2) is 0 Å². The molecule has 1 aliphatic heterocycles. The first-order chi connectivity index (χ1) is 11.9. The van der Waals surface area contributed by atoms with Crippen molar-refractivity contribution in [3.63, 3.8) is 0 Å². The number of anilines is 1. The van der Waals surface area contributed by atoms with Crippen molar-refractivity contribution >= 4 is 21.6 Å². The zero-order valence-electron chi connectivity index (χ0n) is 14.1. The van der Waals surface area contributed by atoms with Gasteiger partial charge in [0.05, 0.1) is 10.5 Å². The molecule has 0 unspecified atom stereocenters. The van der Waals surface area contributed by atoms with Crippen molar-refractivity contribution in [1.29, 1.82) is 0 Å². The van der Waals surface area contributed by atoms with Crippen LogP contribution >= 0.6 is 0 Å². The van der Waals surface area contributed by atoms with Crippen LogP contribution in [0.1, 0.15) is 15.9 Å². The Morgan fingerprint density at radius 3 is 2.16 bits per heavy atom. The molecule has 6 nitrogen and oxygen atoms in total. The molecule has 0 atom stereocenters. The standard InChI is InChI=1S/C18H21N3O3S/c1-14-6-8-15(9-7-14)25(23,24)21-12-10-20(11-13-21)18(22)16-4-2-3-5-17(16)19/h2-9H,10-13,19H2,1H3. The van der Waals surface area contributed by atoms with E-state index >= 15 is 0 Å². The highest BCUT2D eigenvalue weighted by Crippen LogP contribution is 2.20. The van der Waals surface area contributed by atoms with Crippen molar-refractivity contribution < 1.29 is 13.2 Å². The summed E-state index contributed by atoms with van der Waals surface area (Å²) in [4.78, 5) is 14.5. The van der Waals surface area contributed by atoms with E-state index in [1.54, 1.807) is 53.4 Å². The highest BCUT2D eigenvalue weighted by atomic mass is 32.2. The van der Waals surface area contributed by atoms with Gasteiger partial charge in [-0.3, -0.25) is 4.79 Å². The molecule has 2 N–H and O–H groups in total. The number of rotatable bonds is 3. The third-order valence-corrected chi connectivity index (χ3v) is 6.29. The van der Waals surface area contributed by atoms with Gasteiger partial charge in [0.25, 0.3) is 5.91 Å². The topological polar surface area (TPSA) is 83.7 Å². The molecule has 1 heterocycles. The highest BCUT2D eigenvalue weighted by molar-refractivity contribution is 7.89. The first kappa shape index (κ1) is 17.4. The van der Waals surface area contributed by atoms with Crippen LogP contribution in [0, 0.1) is 6.92 Å². The van der Waals surface area contributed by atoms with E-state index < -0.39 is 10.0 Å². The lowest BCUT2D eigenvalue weighted by atomic mass is 10.1. The van der Waals surface area contributed by atoms with Gasteiger partial charge in [-0.2, -0.15) is 4.31 Å². The molecule has 1 amide bonds. The molecule has 0 aromatic heterocycles. The van der Waals surface area contributed by atoms with E-state index in [1.165, 1.54) is 4.31 Å². The Balaban J connectivity index is 1.70. The number of hydrogen-bond donors (Lipinski definition) is 1. The van der Waals surface area contributed by atoms with Gasteiger partial charge in [-0.1, -0.05) is 29.8 Å². The molecule has 1 aliphatic rings. The van der Waals surface area contributed by atoms with E-state index in [0.717, 1.165) is 5.56 Å². The molecule has 1 fully saturated rings. The van der Waals surface area contributed by atoms with Gasteiger partial charge < -0.3 is 10.6 Å². The second kappa shape index (κ2) is 6.85. The van der Waals surface area contributed by atoms with Crippen molar-refractivity contribution in [3.8, 4) is 0 Å². The number of nitrogen functional groups attached to an aromatic ring is 1. The fraction of sp³-hybridized carbons (Fsp3) is 0.278. The van der Waals surface area contributed by atoms with Crippen molar-refractivity contribution in [1.82, 2.24) is 9.21 Å². The number of amides is 1. The number of aryl methyl sites for hydroxylation is 1. The minimum atomic E-state index is -3.53. The molecule has 0 bridgehead atoms. The normalized spacial score (nSPS) is 16.0. The molecule has 0 saturated carbocycles. The Labute approximate surface area is 147 Å². The molecule has 7 heteroatoms. The lowest BCUT2D eigenvalue weighted by Gasteiger charge is -2.34. The first-order valence-electron chi connectivity index (χ1n) is 8.10. The Kier molecular flexibility index (Phi) is 4.78. The Bertz CT molecular complexity index is 871. The second-order valence-corrected chi connectivity index (χ2v) is 8.03. The number of para-hydroxylation sites is 1. The van der Waals surface area contributed by atoms with E-state index in [9.17, 15) is 13.2 Å². The maximum atomic E-state index is 12.7. The summed E-state index contributed by atoms with van der Waals surface area (Å²) < 4.78 is 26.8. The number of carbonyl (C=O) groups is 1. The van der Waals surface area contributed by atoms with Crippen LogP contribution in [0.5, 0.6) is 0 Å². The number of carbonyl (C=O) groups excluding carboxylic acids is 1.